The molecule has 0 bridgehead atoms. The fourth-order valence-electron chi connectivity index (χ4n) is 1.43. The average Bonchev–Trinajstić information content (AvgIpc) is 2.36. The van der Waals surface area contributed by atoms with E-state index in [0.29, 0.717) is 21.9 Å². The van der Waals surface area contributed by atoms with Crippen molar-refractivity contribution in [1.82, 2.24) is 0 Å². The van der Waals surface area contributed by atoms with E-state index in [9.17, 15) is 4.39 Å². The second kappa shape index (κ2) is 6.44. The number of alkyl halides is 1. The molecule has 0 spiro atoms. The second-order valence-corrected chi connectivity index (χ2v) is 6.13. The van der Waals surface area contributed by atoms with Gasteiger partial charge in [-0.3, -0.25) is 0 Å². The third-order valence-electron chi connectivity index (χ3n) is 2.37. The number of ether oxygens (including phenoxy) is 1. The number of halogens is 5. The Hall–Kier alpha value is -0.290. The minimum atomic E-state index is -0.540. The number of hydrogen-bond acceptors (Lipinski definition) is 1. The molecule has 0 aliphatic heterocycles. The second-order valence-electron chi connectivity index (χ2n) is 3.68. The molecule has 0 unspecified atom stereocenters. The van der Waals surface area contributed by atoms with Crippen molar-refractivity contribution in [2.45, 2.75) is 5.88 Å². The van der Waals surface area contributed by atoms with E-state index < -0.39 is 5.82 Å². The molecule has 0 N–H and O–H groups in total. The standard InChI is InChI=1S/C13H7Br2Cl2FO/c14-8-2-1-7(6-16)12(3-8)19-13-5-11(18)10(17)4-9(13)15/h1-5H,6H2. The van der Waals surface area contributed by atoms with Gasteiger partial charge in [0.05, 0.1) is 15.4 Å². The molecule has 0 heterocycles. The summed E-state index contributed by atoms with van der Waals surface area (Å²) in [6, 6.07) is 8.15. The summed E-state index contributed by atoms with van der Waals surface area (Å²) in [4.78, 5) is 0. The monoisotopic (exact) mass is 426 g/mol. The highest BCUT2D eigenvalue weighted by atomic mass is 79.9. The van der Waals surface area contributed by atoms with Crippen molar-refractivity contribution >= 4 is 55.1 Å². The predicted molar refractivity (Wildman–Crippen MR) is 82.9 cm³/mol. The number of hydrogen-bond donors (Lipinski definition) is 0. The minimum absolute atomic E-state index is 0.0334. The van der Waals surface area contributed by atoms with Crippen LogP contribution in [0.4, 0.5) is 4.39 Å². The van der Waals surface area contributed by atoms with Crippen molar-refractivity contribution in [2.24, 2.45) is 0 Å². The summed E-state index contributed by atoms with van der Waals surface area (Å²) in [6.45, 7) is 0. The van der Waals surface area contributed by atoms with Crippen molar-refractivity contribution in [3.63, 3.8) is 0 Å². The van der Waals surface area contributed by atoms with Gasteiger partial charge in [-0.25, -0.2) is 4.39 Å². The Balaban J connectivity index is 2.41. The van der Waals surface area contributed by atoms with Gasteiger partial charge in [-0.2, -0.15) is 0 Å². The molecule has 19 heavy (non-hydrogen) atoms. The number of benzene rings is 2. The predicted octanol–water partition coefficient (Wildman–Crippen LogP) is 6.54. The maximum atomic E-state index is 13.5. The lowest BCUT2D eigenvalue weighted by Gasteiger charge is -2.12. The first kappa shape index (κ1) is 15.1. The van der Waals surface area contributed by atoms with E-state index >= 15 is 0 Å². The van der Waals surface area contributed by atoms with Crippen LogP contribution in [-0.4, -0.2) is 0 Å². The summed E-state index contributed by atoms with van der Waals surface area (Å²) in [5, 5.41) is 0.0334. The molecule has 0 aliphatic rings. The van der Waals surface area contributed by atoms with Gasteiger partial charge in [0, 0.05) is 16.1 Å². The Labute approximate surface area is 136 Å². The van der Waals surface area contributed by atoms with Gasteiger partial charge in [0.15, 0.2) is 0 Å². The average molecular weight is 429 g/mol. The van der Waals surface area contributed by atoms with E-state index in [-0.39, 0.29) is 5.02 Å². The highest BCUT2D eigenvalue weighted by molar-refractivity contribution is 9.10. The molecule has 0 saturated carbocycles. The molecule has 6 heteroatoms. The fraction of sp³-hybridized carbons (Fsp3) is 0.0769. The molecular weight excluding hydrogens is 422 g/mol. The fourth-order valence-corrected chi connectivity index (χ4v) is 2.72. The largest absolute Gasteiger partial charge is 0.456 e. The minimum Gasteiger partial charge on any atom is -0.456 e. The van der Waals surface area contributed by atoms with Crippen LogP contribution in [0.5, 0.6) is 11.5 Å². The molecule has 2 aromatic rings. The van der Waals surface area contributed by atoms with Crippen molar-refractivity contribution in [3.8, 4) is 11.5 Å². The summed E-state index contributed by atoms with van der Waals surface area (Å²) in [5.41, 5.74) is 0.812. The van der Waals surface area contributed by atoms with Crippen LogP contribution < -0.4 is 4.74 Å². The van der Waals surface area contributed by atoms with Gasteiger partial charge in [-0.05, 0) is 34.1 Å². The van der Waals surface area contributed by atoms with Gasteiger partial charge in [-0.1, -0.05) is 33.6 Å². The Kier molecular flexibility index (Phi) is 5.12. The molecule has 2 rings (SSSR count). The summed E-state index contributed by atoms with van der Waals surface area (Å²) in [5.74, 6) is 0.663. The van der Waals surface area contributed by atoms with Gasteiger partial charge in [0.1, 0.15) is 17.3 Å². The summed E-state index contributed by atoms with van der Waals surface area (Å²) < 4.78 is 20.6. The van der Waals surface area contributed by atoms with Gasteiger partial charge in [0.2, 0.25) is 0 Å². The van der Waals surface area contributed by atoms with Gasteiger partial charge in [-0.15, -0.1) is 11.6 Å². The zero-order chi connectivity index (χ0) is 14.0. The molecule has 0 atom stereocenters. The molecule has 0 aromatic heterocycles. The third-order valence-corrected chi connectivity index (χ3v) is 4.06. The Morgan fingerprint density at radius 3 is 2.53 bits per heavy atom. The SMILES string of the molecule is Fc1cc(Oc2cc(Br)ccc2CCl)c(Br)cc1Cl. The number of rotatable bonds is 3. The maximum absolute atomic E-state index is 13.5. The Morgan fingerprint density at radius 2 is 1.84 bits per heavy atom. The molecule has 1 nitrogen and oxygen atoms in total. The molecule has 0 fully saturated rings. The molecular formula is C13H7Br2Cl2FO. The first-order chi connectivity index (χ1) is 9.01. The zero-order valence-corrected chi connectivity index (χ0v) is 14.1. The van der Waals surface area contributed by atoms with Crippen molar-refractivity contribution in [2.75, 3.05) is 0 Å². The van der Waals surface area contributed by atoms with Crippen LogP contribution in [0.1, 0.15) is 5.56 Å². The lowest BCUT2D eigenvalue weighted by atomic mass is 10.2. The van der Waals surface area contributed by atoms with Crippen LogP contribution in [-0.2, 0) is 5.88 Å². The van der Waals surface area contributed by atoms with Crippen molar-refractivity contribution in [3.05, 3.63) is 55.7 Å². The van der Waals surface area contributed by atoms with E-state index in [1.807, 2.05) is 12.1 Å². The van der Waals surface area contributed by atoms with E-state index in [2.05, 4.69) is 31.9 Å². The van der Waals surface area contributed by atoms with Gasteiger partial charge in [0.25, 0.3) is 0 Å². The van der Waals surface area contributed by atoms with Crippen molar-refractivity contribution in [1.29, 1.82) is 0 Å². The molecule has 100 valence electrons. The lowest BCUT2D eigenvalue weighted by Crippen LogP contribution is -1.92. The van der Waals surface area contributed by atoms with Gasteiger partial charge < -0.3 is 4.74 Å². The normalized spacial score (nSPS) is 10.6. The van der Waals surface area contributed by atoms with Crippen LogP contribution in [0.15, 0.2) is 39.3 Å². The Morgan fingerprint density at radius 1 is 1.11 bits per heavy atom. The highest BCUT2D eigenvalue weighted by Gasteiger charge is 2.11. The van der Waals surface area contributed by atoms with Crippen LogP contribution >= 0.6 is 55.1 Å². The van der Waals surface area contributed by atoms with Crippen molar-refractivity contribution < 1.29 is 9.13 Å². The topological polar surface area (TPSA) is 9.23 Å². The first-order valence-electron chi connectivity index (χ1n) is 5.18. The Bertz CT molecular complexity index is 620. The maximum Gasteiger partial charge on any atom is 0.145 e. The molecule has 0 amide bonds. The van der Waals surface area contributed by atoms with Crippen LogP contribution in [0.3, 0.4) is 0 Å². The first-order valence-corrected chi connectivity index (χ1v) is 7.68. The summed E-state index contributed by atoms with van der Waals surface area (Å²) >= 11 is 18.2. The molecule has 0 saturated heterocycles. The third kappa shape index (κ3) is 3.63. The van der Waals surface area contributed by atoms with E-state index in [0.717, 1.165) is 10.0 Å². The van der Waals surface area contributed by atoms with E-state index in [1.165, 1.54) is 12.1 Å². The van der Waals surface area contributed by atoms with E-state index in [1.54, 1.807) is 6.07 Å². The van der Waals surface area contributed by atoms with Crippen LogP contribution in [0, 0.1) is 5.82 Å². The quantitative estimate of drug-likeness (QED) is 0.398. The van der Waals surface area contributed by atoms with Crippen LogP contribution in [0.2, 0.25) is 5.02 Å². The van der Waals surface area contributed by atoms with Crippen LogP contribution in [0.25, 0.3) is 0 Å². The molecule has 0 aliphatic carbocycles. The molecule has 2 aromatic carbocycles. The highest BCUT2D eigenvalue weighted by Crippen LogP contribution is 2.36. The summed E-state index contributed by atoms with van der Waals surface area (Å²) in [7, 11) is 0. The van der Waals surface area contributed by atoms with Gasteiger partial charge >= 0.3 is 0 Å². The zero-order valence-electron chi connectivity index (χ0n) is 9.39. The van der Waals surface area contributed by atoms with E-state index in [4.69, 9.17) is 27.9 Å². The molecule has 0 radical (unpaired) electrons. The smallest absolute Gasteiger partial charge is 0.145 e. The lowest BCUT2D eigenvalue weighted by molar-refractivity contribution is 0.469. The summed E-state index contributed by atoms with van der Waals surface area (Å²) in [6.07, 6.45) is 0.